The predicted molar refractivity (Wildman–Crippen MR) is 105 cm³/mol. The third-order valence-electron chi connectivity index (χ3n) is 4.60. The molecule has 1 aliphatic heterocycles. The van der Waals surface area contributed by atoms with E-state index in [1.807, 2.05) is 45.2 Å². The van der Waals surface area contributed by atoms with Gasteiger partial charge in [-0.3, -0.25) is 10.00 Å². The number of nitrogens with zero attached hydrogens (tertiary/aromatic N) is 2. The Hall–Kier alpha value is -2.54. The standard InChI is InChI=1S/C20H28N4O3/c1-14(2)27-20(25)23-16-4-5-19(26-13-15-6-9-21-10-7-15)17(12-16)18-8-11-22-24(18)3/h4-5,8,11-12,14-15,21H,6-7,9-10,13H2,1-3H3,(H,23,25). The van der Waals surface area contributed by atoms with Crippen molar-refractivity contribution in [3.05, 3.63) is 30.5 Å². The lowest BCUT2D eigenvalue weighted by molar-refractivity contribution is 0.130. The fourth-order valence-electron chi connectivity index (χ4n) is 3.19. The number of amides is 1. The summed E-state index contributed by atoms with van der Waals surface area (Å²) >= 11 is 0. The molecule has 1 aromatic carbocycles. The largest absolute Gasteiger partial charge is 0.493 e. The zero-order chi connectivity index (χ0) is 19.2. The zero-order valence-electron chi connectivity index (χ0n) is 16.2. The van der Waals surface area contributed by atoms with Crippen molar-refractivity contribution in [2.24, 2.45) is 13.0 Å². The summed E-state index contributed by atoms with van der Waals surface area (Å²) < 4.78 is 13.1. The maximum Gasteiger partial charge on any atom is 0.411 e. The fourth-order valence-corrected chi connectivity index (χ4v) is 3.19. The molecule has 27 heavy (non-hydrogen) atoms. The lowest BCUT2D eigenvalue weighted by Crippen LogP contribution is -2.30. The van der Waals surface area contributed by atoms with Crippen molar-refractivity contribution in [2.45, 2.75) is 32.8 Å². The molecule has 1 saturated heterocycles. The molecule has 0 unspecified atom stereocenters. The molecule has 1 aliphatic rings. The van der Waals surface area contributed by atoms with Crippen LogP contribution in [0.4, 0.5) is 10.5 Å². The maximum absolute atomic E-state index is 11.9. The Morgan fingerprint density at radius 3 is 2.78 bits per heavy atom. The molecule has 7 nitrogen and oxygen atoms in total. The average Bonchev–Trinajstić information content (AvgIpc) is 3.06. The normalized spacial score (nSPS) is 15.0. The molecular formula is C20H28N4O3. The van der Waals surface area contributed by atoms with Gasteiger partial charge in [-0.2, -0.15) is 5.10 Å². The molecule has 0 aliphatic carbocycles. The SMILES string of the molecule is CC(C)OC(=O)Nc1ccc(OCC2CCNCC2)c(-c2ccnn2C)c1. The number of carbonyl (C=O) groups excluding carboxylic acids is 1. The van der Waals surface area contributed by atoms with Gasteiger partial charge in [0.25, 0.3) is 0 Å². The van der Waals surface area contributed by atoms with Gasteiger partial charge < -0.3 is 14.8 Å². The number of ether oxygens (including phenoxy) is 2. The number of piperidine rings is 1. The van der Waals surface area contributed by atoms with Crippen LogP contribution in [0.1, 0.15) is 26.7 Å². The highest BCUT2D eigenvalue weighted by Crippen LogP contribution is 2.33. The number of aromatic nitrogens is 2. The van der Waals surface area contributed by atoms with Crippen LogP contribution >= 0.6 is 0 Å². The molecule has 0 atom stereocenters. The number of hydrogen-bond acceptors (Lipinski definition) is 5. The molecule has 146 valence electrons. The Kier molecular flexibility index (Phi) is 6.34. The van der Waals surface area contributed by atoms with E-state index in [2.05, 4.69) is 15.7 Å². The van der Waals surface area contributed by atoms with E-state index in [1.54, 1.807) is 10.9 Å². The van der Waals surface area contributed by atoms with E-state index in [4.69, 9.17) is 9.47 Å². The maximum atomic E-state index is 11.9. The summed E-state index contributed by atoms with van der Waals surface area (Å²) in [7, 11) is 1.89. The highest BCUT2D eigenvalue weighted by atomic mass is 16.6. The number of nitrogens with one attached hydrogen (secondary N) is 2. The smallest absolute Gasteiger partial charge is 0.411 e. The summed E-state index contributed by atoms with van der Waals surface area (Å²) in [6, 6.07) is 7.56. The van der Waals surface area contributed by atoms with Crippen LogP contribution in [0, 0.1) is 5.92 Å². The Morgan fingerprint density at radius 2 is 2.11 bits per heavy atom. The highest BCUT2D eigenvalue weighted by molar-refractivity contribution is 5.86. The first-order valence-corrected chi connectivity index (χ1v) is 9.46. The van der Waals surface area contributed by atoms with Gasteiger partial charge in [0, 0.05) is 24.5 Å². The van der Waals surface area contributed by atoms with Gasteiger partial charge in [-0.05, 0) is 70.0 Å². The van der Waals surface area contributed by atoms with Crippen LogP contribution in [0.3, 0.4) is 0 Å². The fraction of sp³-hybridized carbons (Fsp3) is 0.500. The Labute approximate surface area is 160 Å². The summed E-state index contributed by atoms with van der Waals surface area (Å²) in [6.07, 6.45) is 3.36. The van der Waals surface area contributed by atoms with Crippen molar-refractivity contribution in [1.82, 2.24) is 15.1 Å². The Morgan fingerprint density at radius 1 is 1.33 bits per heavy atom. The molecule has 1 aromatic heterocycles. The zero-order valence-corrected chi connectivity index (χ0v) is 16.2. The second-order valence-corrected chi connectivity index (χ2v) is 7.13. The molecule has 0 radical (unpaired) electrons. The van der Waals surface area contributed by atoms with E-state index in [9.17, 15) is 4.79 Å². The molecular weight excluding hydrogens is 344 g/mol. The van der Waals surface area contributed by atoms with Crippen molar-refractivity contribution in [3.8, 4) is 17.0 Å². The highest BCUT2D eigenvalue weighted by Gasteiger charge is 2.17. The molecule has 0 saturated carbocycles. The van der Waals surface area contributed by atoms with Crippen LogP contribution in [0.25, 0.3) is 11.3 Å². The van der Waals surface area contributed by atoms with E-state index in [1.165, 1.54) is 0 Å². The van der Waals surface area contributed by atoms with Gasteiger partial charge in [0.2, 0.25) is 0 Å². The second-order valence-electron chi connectivity index (χ2n) is 7.13. The van der Waals surface area contributed by atoms with E-state index in [-0.39, 0.29) is 6.10 Å². The van der Waals surface area contributed by atoms with Crippen LogP contribution in [-0.2, 0) is 11.8 Å². The van der Waals surface area contributed by atoms with Crippen LogP contribution in [0.2, 0.25) is 0 Å². The number of benzene rings is 1. The van der Waals surface area contributed by atoms with Crippen LogP contribution in [0.15, 0.2) is 30.5 Å². The third kappa shape index (κ3) is 5.23. The van der Waals surface area contributed by atoms with Gasteiger partial charge in [-0.1, -0.05) is 0 Å². The molecule has 7 heteroatoms. The van der Waals surface area contributed by atoms with Crippen molar-refractivity contribution in [3.63, 3.8) is 0 Å². The van der Waals surface area contributed by atoms with Crippen molar-refractivity contribution in [2.75, 3.05) is 25.0 Å². The number of anilines is 1. The molecule has 1 fully saturated rings. The minimum Gasteiger partial charge on any atom is -0.493 e. The minimum absolute atomic E-state index is 0.172. The van der Waals surface area contributed by atoms with Crippen LogP contribution in [-0.4, -0.2) is 41.7 Å². The lowest BCUT2D eigenvalue weighted by Gasteiger charge is -2.23. The van der Waals surface area contributed by atoms with Crippen molar-refractivity contribution in [1.29, 1.82) is 0 Å². The molecule has 3 rings (SSSR count). The summed E-state index contributed by atoms with van der Waals surface area (Å²) in [5, 5.41) is 10.4. The quantitative estimate of drug-likeness (QED) is 0.812. The first-order chi connectivity index (χ1) is 13.0. The van der Waals surface area contributed by atoms with Gasteiger partial charge >= 0.3 is 6.09 Å². The summed E-state index contributed by atoms with van der Waals surface area (Å²) in [4.78, 5) is 11.9. The number of rotatable bonds is 6. The Balaban J connectivity index is 1.79. The van der Waals surface area contributed by atoms with E-state index in [0.29, 0.717) is 18.2 Å². The van der Waals surface area contributed by atoms with Crippen LogP contribution in [0.5, 0.6) is 5.75 Å². The number of hydrogen-bond donors (Lipinski definition) is 2. The number of carbonyl (C=O) groups is 1. The summed E-state index contributed by atoms with van der Waals surface area (Å²) in [5.41, 5.74) is 2.48. The van der Waals surface area contributed by atoms with Gasteiger partial charge in [0.1, 0.15) is 5.75 Å². The molecule has 0 spiro atoms. The summed E-state index contributed by atoms with van der Waals surface area (Å²) in [5.74, 6) is 1.35. The van der Waals surface area contributed by atoms with Gasteiger partial charge in [-0.25, -0.2) is 4.79 Å². The van der Waals surface area contributed by atoms with Crippen molar-refractivity contribution >= 4 is 11.8 Å². The average molecular weight is 372 g/mol. The monoisotopic (exact) mass is 372 g/mol. The van der Waals surface area contributed by atoms with Gasteiger partial charge in [0.15, 0.2) is 0 Å². The lowest BCUT2D eigenvalue weighted by atomic mass is 9.99. The van der Waals surface area contributed by atoms with Gasteiger partial charge in [0.05, 0.1) is 18.4 Å². The molecule has 2 N–H and O–H groups in total. The summed E-state index contributed by atoms with van der Waals surface area (Å²) in [6.45, 7) is 6.41. The first-order valence-electron chi connectivity index (χ1n) is 9.46. The van der Waals surface area contributed by atoms with Gasteiger partial charge in [-0.15, -0.1) is 0 Å². The minimum atomic E-state index is -0.468. The predicted octanol–water partition coefficient (Wildman–Crippen LogP) is 3.42. The van der Waals surface area contributed by atoms with E-state index >= 15 is 0 Å². The third-order valence-corrected chi connectivity index (χ3v) is 4.60. The molecule has 2 aromatic rings. The molecule has 0 bridgehead atoms. The topological polar surface area (TPSA) is 77.4 Å². The van der Waals surface area contributed by atoms with Crippen LogP contribution < -0.4 is 15.4 Å². The molecule has 1 amide bonds. The first kappa shape index (κ1) is 19.2. The Bertz CT molecular complexity index is 766. The number of aryl methyl sites for hydroxylation is 1. The van der Waals surface area contributed by atoms with Crippen molar-refractivity contribution < 1.29 is 14.3 Å². The molecule has 2 heterocycles. The van der Waals surface area contributed by atoms with E-state index in [0.717, 1.165) is 42.9 Å². The van der Waals surface area contributed by atoms with E-state index < -0.39 is 6.09 Å². The second kappa shape index (κ2) is 8.90.